The molecule has 0 bridgehead atoms. The summed E-state index contributed by atoms with van der Waals surface area (Å²) >= 11 is 0. The lowest BCUT2D eigenvalue weighted by Gasteiger charge is -2.22. The van der Waals surface area contributed by atoms with Crippen molar-refractivity contribution in [2.45, 2.75) is 25.8 Å². The molecule has 0 fully saturated rings. The zero-order valence-corrected chi connectivity index (χ0v) is 10.2. The van der Waals surface area contributed by atoms with Crippen molar-refractivity contribution in [3.05, 3.63) is 25.3 Å². The lowest BCUT2D eigenvalue weighted by atomic mass is 10.2. The monoisotopic (exact) mass is 240 g/mol. The summed E-state index contributed by atoms with van der Waals surface area (Å²) in [5.74, 6) is -0.861. The second-order valence-corrected chi connectivity index (χ2v) is 3.77. The molecule has 0 aromatic rings. The quantitative estimate of drug-likeness (QED) is 0.633. The number of rotatable bonds is 8. The van der Waals surface area contributed by atoms with Crippen LogP contribution in [0.1, 0.15) is 19.8 Å². The van der Waals surface area contributed by atoms with Crippen LogP contribution in [0.25, 0.3) is 0 Å². The Morgan fingerprint density at radius 2 is 1.88 bits per heavy atom. The Morgan fingerprint density at radius 1 is 1.35 bits per heavy atom. The Balaban J connectivity index is 4.14. The van der Waals surface area contributed by atoms with Crippen LogP contribution >= 0.6 is 0 Å². The molecule has 2 amide bonds. The summed E-state index contributed by atoms with van der Waals surface area (Å²) in [6.45, 7) is 9.79. The third kappa shape index (κ3) is 7.16. The van der Waals surface area contributed by atoms with E-state index in [9.17, 15) is 9.59 Å². The van der Waals surface area contributed by atoms with Gasteiger partial charge in [0.1, 0.15) is 0 Å². The number of nitrogens with zero attached hydrogens (tertiary/aromatic N) is 1. The van der Waals surface area contributed by atoms with Gasteiger partial charge in [-0.1, -0.05) is 12.2 Å². The van der Waals surface area contributed by atoms with Crippen LogP contribution in [0.3, 0.4) is 0 Å². The van der Waals surface area contributed by atoms with Gasteiger partial charge in [-0.3, -0.25) is 4.79 Å². The van der Waals surface area contributed by atoms with Crippen molar-refractivity contribution in [3.63, 3.8) is 0 Å². The van der Waals surface area contributed by atoms with Crippen LogP contribution in [-0.4, -0.2) is 41.1 Å². The van der Waals surface area contributed by atoms with Gasteiger partial charge in [-0.15, -0.1) is 13.2 Å². The number of urea groups is 1. The van der Waals surface area contributed by atoms with Crippen LogP contribution in [0.4, 0.5) is 4.79 Å². The van der Waals surface area contributed by atoms with Crippen molar-refractivity contribution in [3.8, 4) is 0 Å². The fraction of sp³-hybridized carbons (Fsp3) is 0.500. The van der Waals surface area contributed by atoms with Gasteiger partial charge >= 0.3 is 12.0 Å². The lowest BCUT2D eigenvalue weighted by Crippen LogP contribution is -2.44. The molecular formula is C12H20N2O3. The van der Waals surface area contributed by atoms with Gasteiger partial charge in [0, 0.05) is 25.6 Å². The van der Waals surface area contributed by atoms with Gasteiger partial charge < -0.3 is 15.3 Å². The number of carbonyl (C=O) groups is 2. The van der Waals surface area contributed by atoms with Crippen LogP contribution in [0.2, 0.25) is 0 Å². The summed E-state index contributed by atoms with van der Waals surface area (Å²) in [4.78, 5) is 23.7. The van der Waals surface area contributed by atoms with Crippen LogP contribution in [0.15, 0.2) is 25.3 Å². The second-order valence-electron chi connectivity index (χ2n) is 3.77. The van der Waals surface area contributed by atoms with E-state index in [-0.39, 0.29) is 18.5 Å². The van der Waals surface area contributed by atoms with Gasteiger partial charge in [-0.05, 0) is 13.3 Å². The zero-order valence-electron chi connectivity index (χ0n) is 10.2. The van der Waals surface area contributed by atoms with Crippen molar-refractivity contribution < 1.29 is 14.7 Å². The van der Waals surface area contributed by atoms with Gasteiger partial charge in [-0.25, -0.2) is 4.79 Å². The summed E-state index contributed by atoms with van der Waals surface area (Å²) in [5.41, 5.74) is 0. The van der Waals surface area contributed by atoms with Crippen LogP contribution in [-0.2, 0) is 4.79 Å². The second kappa shape index (κ2) is 8.38. The maximum atomic E-state index is 11.8. The van der Waals surface area contributed by atoms with E-state index in [1.54, 1.807) is 19.1 Å². The van der Waals surface area contributed by atoms with E-state index in [0.717, 1.165) is 0 Å². The van der Waals surface area contributed by atoms with E-state index >= 15 is 0 Å². The highest BCUT2D eigenvalue weighted by molar-refractivity contribution is 5.75. The summed E-state index contributed by atoms with van der Waals surface area (Å²) < 4.78 is 0. The van der Waals surface area contributed by atoms with Gasteiger partial charge in [0.2, 0.25) is 0 Å². The Kier molecular flexibility index (Phi) is 7.50. The molecule has 0 heterocycles. The molecule has 0 aliphatic heterocycles. The average Bonchev–Trinajstić information content (AvgIpc) is 2.26. The molecule has 0 saturated carbocycles. The topological polar surface area (TPSA) is 69.6 Å². The number of carboxylic acid groups (broad SMARTS) is 1. The van der Waals surface area contributed by atoms with Gasteiger partial charge in [-0.2, -0.15) is 0 Å². The van der Waals surface area contributed by atoms with Crippen molar-refractivity contribution in [1.82, 2.24) is 10.2 Å². The first-order valence-electron chi connectivity index (χ1n) is 5.50. The molecule has 0 aromatic carbocycles. The van der Waals surface area contributed by atoms with Crippen LogP contribution < -0.4 is 5.32 Å². The fourth-order valence-electron chi connectivity index (χ4n) is 1.27. The first kappa shape index (κ1) is 15.2. The molecule has 2 N–H and O–H groups in total. The van der Waals surface area contributed by atoms with E-state index in [0.29, 0.717) is 19.5 Å². The molecule has 0 rings (SSSR count). The molecule has 1 atom stereocenters. The predicted molar refractivity (Wildman–Crippen MR) is 66.8 cm³/mol. The summed E-state index contributed by atoms with van der Waals surface area (Å²) in [7, 11) is 0. The highest BCUT2D eigenvalue weighted by Gasteiger charge is 2.13. The van der Waals surface area contributed by atoms with E-state index in [4.69, 9.17) is 5.11 Å². The van der Waals surface area contributed by atoms with Crippen molar-refractivity contribution in [1.29, 1.82) is 0 Å². The Labute approximate surface area is 102 Å². The first-order valence-corrected chi connectivity index (χ1v) is 5.50. The molecule has 0 saturated heterocycles. The standard InChI is InChI=1S/C12H20N2O3/c1-4-8-14(9-5-2)12(17)13-10(3)6-7-11(15)16/h4-5,10H,1-2,6-9H2,3H3,(H,13,17)(H,15,16). The van der Waals surface area contributed by atoms with E-state index < -0.39 is 5.97 Å². The van der Waals surface area contributed by atoms with Gasteiger partial charge in [0.05, 0.1) is 0 Å². The number of nitrogens with one attached hydrogen (secondary N) is 1. The van der Waals surface area contributed by atoms with Gasteiger partial charge in [0.15, 0.2) is 0 Å². The maximum Gasteiger partial charge on any atom is 0.318 e. The number of aliphatic carboxylic acids is 1. The van der Waals surface area contributed by atoms with Gasteiger partial charge in [0.25, 0.3) is 0 Å². The molecule has 0 aliphatic rings. The third-order valence-electron chi connectivity index (χ3n) is 2.15. The molecule has 17 heavy (non-hydrogen) atoms. The molecule has 0 aromatic heterocycles. The molecular weight excluding hydrogens is 220 g/mol. The Morgan fingerprint density at radius 3 is 2.29 bits per heavy atom. The average molecular weight is 240 g/mol. The largest absolute Gasteiger partial charge is 0.481 e. The SMILES string of the molecule is C=CCN(CC=C)C(=O)NC(C)CCC(=O)O. The maximum absolute atomic E-state index is 11.8. The predicted octanol–water partition coefficient (Wildman–Crippen LogP) is 1.62. The number of hydrogen-bond donors (Lipinski definition) is 2. The highest BCUT2D eigenvalue weighted by atomic mass is 16.4. The number of amides is 2. The minimum atomic E-state index is -0.861. The number of carboxylic acids is 1. The number of carbonyl (C=O) groups excluding carboxylic acids is 1. The van der Waals surface area contributed by atoms with E-state index in [1.807, 2.05) is 0 Å². The molecule has 0 radical (unpaired) electrons. The van der Waals surface area contributed by atoms with Crippen molar-refractivity contribution in [2.75, 3.05) is 13.1 Å². The minimum absolute atomic E-state index is 0.0460. The Hall–Kier alpha value is -1.78. The summed E-state index contributed by atoms with van der Waals surface area (Å²) in [6.07, 6.45) is 3.72. The van der Waals surface area contributed by atoms with Crippen molar-refractivity contribution >= 4 is 12.0 Å². The molecule has 1 unspecified atom stereocenters. The number of hydrogen-bond acceptors (Lipinski definition) is 2. The van der Waals surface area contributed by atoms with E-state index in [2.05, 4.69) is 18.5 Å². The summed E-state index contributed by atoms with van der Waals surface area (Å²) in [6, 6.07) is -0.404. The van der Waals surface area contributed by atoms with Crippen LogP contribution in [0, 0.1) is 0 Å². The third-order valence-corrected chi connectivity index (χ3v) is 2.15. The van der Waals surface area contributed by atoms with Crippen LogP contribution in [0.5, 0.6) is 0 Å². The molecule has 0 spiro atoms. The fourth-order valence-corrected chi connectivity index (χ4v) is 1.27. The molecule has 96 valence electrons. The summed E-state index contributed by atoms with van der Waals surface area (Å²) in [5, 5.41) is 11.3. The molecule has 5 heteroatoms. The Bertz CT molecular complexity index is 279. The smallest absolute Gasteiger partial charge is 0.318 e. The lowest BCUT2D eigenvalue weighted by molar-refractivity contribution is -0.137. The molecule has 0 aliphatic carbocycles. The first-order chi connectivity index (χ1) is 8.01. The minimum Gasteiger partial charge on any atom is -0.481 e. The van der Waals surface area contributed by atoms with E-state index in [1.165, 1.54) is 4.90 Å². The van der Waals surface area contributed by atoms with Crippen molar-refractivity contribution in [2.24, 2.45) is 0 Å². The zero-order chi connectivity index (χ0) is 13.3. The normalized spacial score (nSPS) is 11.4. The highest BCUT2D eigenvalue weighted by Crippen LogP contribution is 1.99. The molecule has 5 nitrogen and oxygen atoms in total.